The first kappa shape index (κ1) is 12.2. The Kier molecular flexibility index (Phi) is 5.34. The van der Waals surface area contributed by atoms with Crippen molar-refractivity contribution in [2.75, 3.05) is 31.6 Å². The Morgan fingerprint density at radius 2 is 2.40 bits per heavy atom. The van der Waals surface area contributed by atoms with Crippen LogP contribution in [0, 0.1) is 0 Å². The molecule has 0 fully saturated rings. The Balaban J connectivity index is 2.18. The molecule has 0 saturated heterocycles. The molecule has 4 nitrogen and oxygen atoms in total. The maximum atomic E-state index is 5.05. The Hall–Kier alpha value is -0.880. The molecule has 0 aliphatic rings. The van der Waals surface area contributed by atoms with E-state index < -0.39 is 0 Å². The lowest BCUT2D eigenvalue weighted by Gasteiger charge is -2.16. The van der Waals surface area contributed by atoms with E-state index in [4.69, 9.17) is 12.2 Å². The SMILES string of the molecule is CCNC(=S)NCCN(C)c1nccs1. The summed E-state index contributed by atoms with van der Waals surface area (Å²) in [6.07, 6.45) is 1.81. The van der Waals surface area contributed by atoms with E-state index in [1.807, 2.05) is 25.5 Å². The fraction of sp³-hybridized carbons (Fsp3) is 0.556. The summed E-state index contributed by atoms with van der Waals surface area (Å²) in [5.74, 6) is 0. The van der Waals surface area contributed by atoms with Gasteiger partial charge in [0, 0.05) is 38.3 Å². The van der Waals surface area contributed by atoms with Crippen molar-refractivity contribution in [2.45, 2.75) is 6.92 Å². The summed E-state index contributed by atoms with van der Waals surface area (Å²) >= 11 is 6.69. The number of rotatable bonds is 5. The minimum absolute atomic E-state index is 0.713. The Labute approximate surface area is 99.7 Å². The second-order valence-corrected chi connectivity index (χ2v) is 4.30. The predicted molar refractivity (Wildman–Crippen MR) is 69.7 cm³/mol. The second-order valence-electron chi connectivity index (χ2n) is 3.02. The summed E-state index contributed by atoms with van der Waals surface area (Å²) < 4.78 is 0. The van der Waals surface area contributed by atoms with Gasteiger partial charge in [0.05, 0.1) is 0 Å². The molecule has 84 valence electrons. The van der Waals surface area contributed by atoms with Crippen molar-refractivity contribution in [3.8, 4) is 0 Å². The Morgan fingerprint density at radius 1 is 1.60 bits per heavy atom. The van der Waals surface area contributed by atoms with Gasteiger partial charge in [0.1, 0.15) is 0 Å². The molecule has 6 heteroatoms. The average molecular weight is 244 g/mol. The van der Waals surface area contributed by atoms with Crippen LogP contribution in [0.4, 0.5) is 5.13 Å². The van der Waals surface area contributed by atoms with Gasteiger partial charge in [0.15, 0.2) is 10.2 Å². The van der Waals surface area contributed by atoms with Gasteiger partial charge in [-0.05, 0) is 19.1 Å². The third-order valence-electron chi connectivity index (χ3n) is 1.82. The molecule has 0 saturated carbocycles. The third kappa shape index (κ3) is 4.44. The molecule has 1 rings (SSSR count). The van der Waals surface area contributed by atoms with E-state index in [1.54, 1.807) is 11.3 Å². The normalized spacial score (nSPS) is 9.73. The lowest BCUT2D eigenvalue weighted by Crippen LogP contribution is -2.39. The first-order valence-electron chi connectivity index (χ1n) is 4.86. The highest BCUT2D eigenvalue weighted by Gasteiger charge is 2.02. The number of likely N-dealkylation sites (N-methyl/N-ethyl adjacent to an activating group) is 1. The summed E-state index contributed by atoms with van der Waals surface area (Å²) in [5, 5.41) is 9.90. The Bertz CT molecular complexity index is 286. The van der Waals surface area contributed by atoms with Crippen LogP contribution in [0.1, 0.15) is 6.92 Å². The van der Waals surface area contributed by atoms with Gasteiger partial charge in [-0.25, -0.2) is 4.98 Å². The highest BCUT2D eigenvalue weighted by Crippen LogP contribution is 2.14. The van der Waals surface area contributed by atoms with Crippen LogP contribution in [0.15, 0.2) is 11.6 Å². The van der Waals surface area contributed by atoms with Gasteiger partial charge >= 0.3 is 0 Å². The van der Waals surface area contributed by atoms with Crippen LogP contribution in [-0.2, 0) is 0 Å². The summed E-state index contributed by atoms with van der Waals surface area (Å²) in [7, 11) is 2.02. The minimum Gasteiger partial charge on any atom is -0.363 e. The first-order valence-corrected chi connectivity index (χ1v) is 6.15. The van der Waals surface area contributed by atoms with Gasteiger partial charge in [-0.1, -0.05) is 0 Å². The molecular weight excluding hydrogens is 228 g/mol. The molecule has 0 amide bonds. The second kappa shape index (κ2) is 6.58. The zero-order chi connectivity index (χ0) is 11.1. The predicted octanol–water partition coefficient (Wildman–Crippen LogP) is 1.06. The molecule has 15 heavy (non-hydrogen) atoms. The van der Waals surface area contributed by atoms with Crippen LogP contribution < -0.4 is 15.5 Å². The maximum absolute atomic E-state index is 5.05. The van der Waals surface area contributed by atoms with E-state index in [2.05, 4.69) is 20.5 Å². The topological polar surface area (TPSA) is 40.2 Å². The van der Waals surface area contributed by atoms with E-state index in [-0.39, 0.29) is 0 Å². The molecule has 0 radical (unpaired) electrons. The zero-order valence-corrected chi connectivity index (χ0v) is 10.6. The van der Waals surface area contributed by atoms with Gasteiger partial charge in [0.2, 0.25) is 0 Å². The lowest BCUT2D eigenvalue weighted by atomic mass is 10.5. The van der Waals surface area contributed by atoms with Crippen LogP contribution >= 0.6 is 23.6 Å². The van der Waals surface area contributed by atoms with Crippen molar-refractivity contribution >= 4 is 33.8 Å². The van der Waals surface area contributed by atoms with Gasteiger partial charge in [-0.3, -0.25) is 0 Å². The quantitative estimate of drug-likeness (QED) is 0.758. The van der Waals surface area contributed by atoms with E-state index in [0.717, 1.165) is 24.8 Å². The molecular formula is C9H16N4S2. The zero-order valence-electron chi connectivity index (χ0n) is 8.99. The first-order chi connectivity index (χ1) is 7.24. The lowest BCUT2D eigenvalue weighted by molar-refractivity contribution is 0.799. The molecule has 0 aromatic carbocycles. The van der Waals surface area contributed by atoms with Crippen LogP contribution in [0.5, 0.6) is 0 Å². The van der Waals surface area contributed by atoms with Crippen molar-refractivity contribution in [3.63, 3.8) is 0 Å². The van der Waals surface area contributed by atoms with E-state index in [0.29, 0.717) is 5.11 Å². The number of anilines is 1. The van der Waals surface area contributed by atoms with Gasteiger partial charge in [0.25, 0.3) is 0 Å². The van der Waals surface area contributed by atoms with Crippen molar-refractivity contribution in [1.29, 1.82) is 0 Å². The van der Waals surface area contributed by atoms with Crippen molar-refractivity contribution in [1.82, 2.24) is 15.6 Å². The fourth-order valence-corrected chi connectivity index (χ4v) is 1.94. The molecule has 1 aromatic rings. The highest BCUT2D eigenvalue weighted by atomic mass is 32.1. The largest absolute Gasteiger partial charge is 0.363 e. The maximum Gasteiger partial charge on any atom is 0.185 e. The standard InChI is InChI=1S/C9H16N4S2/c1-3-10-8(14)11-4-6-13(2)9-12-5-7-15-9/h5,7H,3-4,6H2,1-2H3,(H2,10,11,14). The van der Waals surface area contributed by atoms with Crippen LogP contribution in [0.3, 0.4) is 0 Å². The van der Waals surface area contributed by atoms with Crippen LogP contribution in [-0.4, -0.2) is 36.8 Å². The van der Waals surface area contributed by atoms with Crippen LogP contribution in [0.25, 0.3) is 0 Å². The molecule has 0 aliphatic carbocycles. The number of nitrogens with zero attached hydrogens (tertiary/aromatic N) is 2. The minimum atomic E-state index is 0.713. The van der Waals surface area contributed by atoms with Crippen LogP contribution in [0.2, 0.25) is 0 Å². The van der Waals surface area contributed by atoms with Crippen molar-refractivity contribution in [3.05, 3.63) is 11.6 Å². The van der Waals surface area contributed by atoms with E-state index in [9.17, 15) is 0 Å². The Morgan fingerprint density at radius 3 is 3.00 bits per heavy atom. The molecule has 0 unspecified atom stereocenters. The molecule has 1 aromatic heterocycles. The molecule has 0 bridgehead atoms. The third-order valence-corrected chi connectivity index (χ3v) is 2.99. The van der Waals surface area contributed by atoms with Gasteiger partial charge < -0.3 is 15.5 Å². The summed E-state index contributed by atoms with van der Waals surface area (Å²) in [6, 6.07) is 0. The molecule has 1 heterocycles. The van der Waals surface area contributed by atoms with Gasteiger partial charge in [-0.2, -0.15) is 0 Å². The van der Waals surface area contributed by atoms with Crippen molar-refractivity contribution < 1.29 is 0 Å². The van der Waals surface area contributed by atoms with E-state index >= 15 is 0 Å². The smallest absolute Gasteiger partial charge is 0.185 e. The monoisotopic (exact) mass is 244 g/mol. The summed E-state index contributed by atoms with van der Waals surface area (Å²) in [5.41, 5.74) is 0. The average Bonchev–Trinajstić information content (AvgIpc) is 2.70. The molecule has 0 aliphatic heterocycles. The van der Waals surface area contributed by atoms with E-state index in [1.165, 1.54) is 0 Å². The molecule has 2 N–H and O–H groups in total. The number of thiocarbonyl (C=S) groups is 1. The number of hydrogen-bond acceptors (Lipinski definition) is 4. The fourth-order valence-electron chi connectivity index (χ4n) is 1.06. The number of aromatic nitrogens is 1. The number of hydrogen-bond donors (Lipinski definition) is 2. The van der Waals surface area contributed by atoms with Gasteiger partial charge in [-0.15, -0.1) is 11.3 Å². The number of thiazole rings is 1. The summed E-state index contributed by atoms with van der Waals surface area (Å²) in [4.78, 5) is 6.32. The number of nitrogens with one attached hydrogen (secondary N) is 2. The summed E-state index contributed by atoms with van der Waals surface area (Å²) in [6.45, 7) is 4.59. The molecule has 0 spiro atoms. The highest BCUT2D eigenvalue weighted by molar-refractivity contribution is 7.80. The molecule has 0 atom stereocenters. The van der Waals surface area contributed by atoms with Crippen molar-refractivity contribution in [2.24, 2.45) is 0 Å².